The highest BCUT2D eigenvalue weighted by Gasteiger charge is 2.25. The van der Waals surface area contributed by atoms with Gasteiger partial charge in [-0.25, -0.2) is 0 Å². The molecule has 3 rings (SSSR count). The predicted molar refractivity (Wildman–Crippen MR) is 80.4 cm³/mol. The molecule has 1 aliphatic heterocycles. The normalized spacial score (nSPS) is 13.9. The van der Waals surface area contributed by atoms with Crippen molar-refractivity contribution >= 4 is 11.8 Å². The van der Waals surface area contributed by atoms with Crippen molar-refractivity contribution in [3.63, 3.8) is 0 Å². The van der Waals surface area contributed by atoms with E-state index in [1.165, 1.54) is 4.90 Å². The highest BCUT2D eigenvalue weighted by Crippen LogP contribution is 2.17. The van der Waals surface area contributed by atoms with Gasteiger partial charge in [0.2, 0.25) is 0 Å². The van der Waals surface area contributed by atoms with E-state index in [2.05, 4.69) is 5.10 Å². The molecule has 0 saturated carbocycles. The Kier molecular flexibility index (Phi) is 3.48. The number of amides is 2. The second-order valence-corrected chi connectivity index (χ2v) is 5.67. The number of aromatic nitrogens is 3. The smallest absolute Gasteiger partial charge is 0.273 e. The zero-order valence-electron chi connectivity index (χ0n) is 13.0. The number of fused-ring (bicyclic) bond motifs is 1. The first-order valence-electron chi connectivity index (χ1n) is 7.16. The number of carbonyl (C=O) groups is 2. The Balaban J connectivity index is 1.81. The highest BCUT2D eigenvalue weighted by molar-refractivity contribution is 5.93. The Labute approximate surface area is 128 Å². The van der Waals surface area contributed by atoms with Crippen LogP contribution in [0, 0.1) is 0 Å². The molecule has 2 aromatic rings. The van der Waals surface area contributed by atoms with Crippen LogP contribution in [0.3, 0.4) is 0 Å². The molecule has 7 heteroatoms. The number of nitrogens with zero attached hydrogens (tertiary/aromatic N) is 5. The summed E-state index contributed by atoms with van der Waals surface area (Å²) in [4.78, 5) is 27.8. The molecule has 2 aromatic heterocycles. The molecule has 0 fully saturated rings. The summed E-state index contributed by atoms with van der Waals surface area (Å²) in [5, 5.41) is 4.33. The van der Waals surface area contributed by atoms with Gasteiger partial charge < -0.3 is 14.4 Å². The predicted octanol–water partition coefficient (Wildman–Crippen LogP) is 0.579. The lowest BCUT2D eigenvalue weighted by molar-refractivity contribution is 0.0695. The third-order valence-electron chi connectivity index (χ3n) is 3.87. The molecular weight excluding hydrogens is 282 g/mol. The van der Waals surface area contributed by atoms with Gasteiger partial charge >= 0.3 is 0 Å². The minimum Gasteiger partial charge on any atom is -0.347 e. The van der Waals surface area contributed by atoms with E-state index in [-0.39, 0.29) is 11.8 Å². The SMILES string of the molecule is CN(C)C(=O)c1cc2n(n1)CCN(C(=O)c1cccn1C)C2. The molecule has 116 valence electrons. The minimum absolute atomic E-state index is 0.000404. The number of carbonyl (C=O) groups excluding carboxylic acids is 2. The van der Waals surface area contributed by atoms with Crippen LogP contribution in [-0.2, 0) is 20.1 Å². The number of rotatable bonds is 2. The van der Waals surface area contributed by atoms with Gasteiger partial charge in [0.25, 0.3) is 11.8 Å². The summed E-state index contributed by atoms with van der Waals surface area (Å²) in [6.45, 7) is 1.66. The summed E-state index contributed by atoms with van der Waals surface area (Å²) in [6.07, 6.45) is 1.86. The maximum atomic E-state index is 12.5. The molecule has 0 atom stereocenters. The van der Waals surface area contributed by atoms with Crippen LogP contribution < -0.4 is 0 Å². The van der Waals surface area contributed by atoms with E-state index in [1.807, 2.05) is 34.6 Å². The third-order valence-corrected chi connectivity index (χ3v) is 3.87. The van der Waals surface area contributed by atoms with Crippen LogP contribution in [0.2, 0.25) is 0 Å². The van der Waals surface area contributed by atoms with Crippen LogP contribution in [0.15, 0.2) is 24.4 Å². The van der Waals surface area contributed by atoms with Crippen molar-refractivity contribution in [1.29, 1.82) is 0 Å². The summed E-state index contributed by atoms with van der Waals surface area (Å²) in [6, 6.07) is 5.44. The van der Waals surface area contributed by atoms with Crippen molar-refractivity contribution in [2.45, 2.75) is 13.1 Å². The lowest BCUT2D eigenvalue weighted by atomic mass is 10.2. The summed E-state index contributed by atoms with van der Waals surface area (Å²) < 4.78 is 3.63. The molecule has 2 amide bonds. The topological polar surface area (TPSA) is 63.4 Å². The maximum absolute atomic E-state index is 12.5. The molecule has 0 N–H and O–H groups in total. The van der Waals surface area contributed by atoms with Crippen molar-refractivity contribution in [1.82, 2.24) is 24.1 Å². The van der Waals surface area contributed by atoms with E-state index in [4.69, 9.17) is 0 Å². The summed E-state index contributed by atoms with van der Waals surface area (Å²) in [5.41, 5.74) is 1.98. The van der Waals surface area contributed by atoms with Gasteiger partial charge in [0, 0.05) is 33.9 Å². The first-order valence-corrected chi connectivity index (χ1v) is 7.16. The first-order chi connectivity index (χ1) is 10.5. The minimum atomic E-state index is -0.123. The van der Waals surface area contributed by atoms with Crippen LogP contribution in [-0.4, -0.2) is 56.6 Å². The Morgan fingerprint density at radius 3 is 2.68 bits per heavy atom. The molecule has 0 saturated heterocycles. The van der Waals surface area contributed by atoms with E-state index >= 15 is 0 Å². The molecule has 22 heavy (non-hydrogen) atoms. The molecular formula is C15H19N5O2. The second kappa shape index (κ2) is 5.32. The number of hydrogen-bond donors (Lipinski definition) is 0. The van der Waals surface area contributed by atoms with Gasteiger partial charge in [-0.2, -0.15) is 5.10 Å². The van der Waals surface area contributed by atoms with Crippen molar-refractivity contribution < 1.29 is 9.59 Å². The van der Waals surface area contributed by atoms with E-state index < -0.39 is 0 Å². The monoisotopic (exact) mass is 301 g/mol. The zero-order valence-corrected chi connectivity index (χ0v) is 13.0. The number of hydrogen-bond acceptors (Lipinski definition) is 3. The van der Waals surface area contributed by atoms with Gasteiger partial charge in [-0.05, 0) is 18.2 Å². The van der Waals surface area contributed by atoms with E-state index in [0.717, 1.165) is 5.69 Å². The molecule has 0 radical (unpaired) electrons. The molecule has 0 spiro atoms. The van der Waals surface area contributed by atoms with Gasteiger partial charge in [-0.15, -0.1) is 0 Å². The fourth-order valence-electron chi connectivity index (χ4n) is 2.62. The van der Waals surface area contributed by atoms with E-state index in [0.29, 0.717) is 31.0 Å². The van der Waals surface area contributed by atoms with E-state index in [1.54, 1.807) is 25.1 Å². The van der Waals surface area contributed by atoms with Crippen molar-refractivity contribution in [2.24, 2.45) is 7.05 Å². The lowest BCUT2D eigenvalue weighted by Gasteiger charge is -2.27. The standard InChI is InChI=1S/C15H19N5O2/c1-17(2)14(21)12-9-11-10-19(7-8-20(11)16-12)15(22)13-5-4-6-18(13)3/h4-6,9H,7-8,10H2,1-3H3. The Morgan fingerprint density at radius 2 is 2.05 bits per heavy atom. The lowest BCUT2D eigenvalue weighted by Crippen LogP contribution is -2.39. The second-order valence-electron chi connectivity index (χ2n) is 5.67. The van der Waals surface area contributed by atoms with Crippen LogP contribution in [0.4, 0.5) is 0 Å². The first kappa shape index (κ1) is 14.4. The van der Waals surface area contributed by atoms with Crippen LogP contribution in [0.5, 0.6) is 0 Å². The van der Waals surface area contributed by atoms with Gasteiger partial charge in [-0.3, -0.25) is 14.3 Å². The van der Waals surface area contributed by atoms with Crippen LogP contribution in [0.1, 0.15) is 26.7 Å². The molecule has 0 aliphatic carbocycles. The highest BCUT2D eigenvalue weighted by atomic mass is 16.2. The van der Waals surface area contributed by atoms with Gasteiger partial charge in [-0.1, -0.05) is 0 Å². The fraction of sp³-hybridized carbons (Fsp3) is 0.400. The zero-order chi connectivity index (χ0) is 15.9. The molecule has 0 bridgehead atoms. The van der Waals surface area contributed by atoms with E-state index in [9.17, 15) is 9.59 Å². The van der Waals surface area contributed by atoms with Crippen LogP contribution in [0.25, 0.3) is 0 Å². The molecule has 3 heterocycles. The number of aryl methyl sites for hydroxylation is 1. The summed E-state index contributed by atoms with van der Waals surface area (Å²) in [7, 11) is 5.26. The fourth-order valence-corrected chi connectivity index (χ4v) is 2.62. The van der Waals surface area contributed by atoms with Gasteiger partial charge in [0.05, 0.1) is 18.8 Å². The Morgan fingerprint density at radius 1 is 1.27 bits per heavy atom. The quantitative estimate of drug-likeness (QED) is 0.815. The molecule has 7 nitrogen and oxygen atoms in total. The maximum Gasteiger partial charge on any atom is 0.273 e. The molecule has 0 unspecified atom stereocenters. The molecule has 1 aliphatic rings. The van der Waals surface area contributed by atoms with Crippen molar-refractivity contribution in [3.8, 4) is 0 Å². The van der Waals surface area contributed by atoms with Crippen molar-refractivity contribution in [2.75, 3.05) is 20.6 Å². The average Bonchev–Trinajstić information content (AvgIpc) is 3.10. The Bertz CT molecular complexity index is 728. The summed E-state index contributed by atoms with van der Waals surface area (Å²) >= 11 is 0. The average molecular weight is 301 g/mol. The third kappa shape index (κ3) is 2.38. The van der Waals surface area contributed by atoms with Gasteiger partial charge in [0.1, 0.15) is 5.69 Å². The van der Waals surface area contributed by atoms with Crippen LogP contribution >= 0.6 is 0 Å². The largest absolute Gasteiger partial charge is 0.347 e. The summed E-state index contributed by atoms with van der Waals surface area (Å²) in [5.74, 6) is -0.123. The molecule has 0 aromatic carbocycles. The van der Waals surface area contributed by atoms with Crippen molar-refractivity contribution in [3.05, 3.63) is 41.5 Å². The van der Waals surface area contributed by atoms with Gasteiger partial charge in [0.15, 0.2) is 5.69 Å². The Hall–Kier alpha value is -2.57.